The zero-order valence-electron chi connectivity index (χ0n) is 21.6. The van der Waals surface area contributed by atoms with Gasteiger partial charge in [-0.05, 0) is 44.4 Å². The summed E-state index contributed by atoms with van der Waals surface area (Å²) in [5, 5.41) is 14.0. The van der Waals surface area contributed by atoms with E-state index in [2.05, 4.69) is 22.5 Å². The van der Waals surface area contributed by atoms with Gasteiger partial charge in [-0.2, -0.15) is 0 Å². The highest BCUT2D eigenvalue weighted by Gasteiger charge is 2.21. The van der Waals surface area contributed by atoms with Crippen LogP contribution >= 0.6 is 0 Å². The van der Waals surface area contributed by atoms with Gasteiger partial charge in [0.2, 0.25) is 6.41 Å². The molecule has 0 saturated heterocycles. The molecule has 1 heterocycles. The van der Waals surface area contributed by atoms with Crippen LogP contribution in [0.1, 0.15) is 43.7 Å². The molecule has 3 amide bonds. The number of carbonyl (C=O) groups is 4. The number of aliphatic carboxylic acids is 1. The molecule has 0 fully saturated rings. The number of hydrogen-bond donors (Lipinski definition) is 3. The lowest BCUT2D eigenvalue weighted by molar-refractivity contribution is -0.141. The zero-order valence-corrected chi connectivity index (χ0v) is 21.6. The van der Waals surface area contributed by atoms with Gasteiger partial charge in [-0.25, -0.2) is 9.78 Å². The molecule has 1 aromatic carbocycles. The summed E-state index contributed by atoms with van der Waals surface area (Å²) in [6.45, 7) is 7.32. The van der Waals surface area contributed by atoms with Crippen molar-refractivity contribution >= 4 is 30.1 Å². The van der Waals surface area contributed by atoms with E-state index >= 15 is 0 Å². The normalized spacial score (nSPS) is 10.9. The van der Waals surface area contributed by atoms with Crippen molar-refractivity contribution < 1.29 is 33.8 Å². The SMILES string of the molecule is CCc1cccc(-c2cnc(C(=O)NCCOCCN(C=O)CC(=O)O)c(NC(=O)OC(C)(C)C)c2)c1. The molecular weight excluding hydrogens is 480 g/mol. The maximum Gasteiger partial charge on any atom is 0.412 e. The van der Waals surface area contributed by atoms with Crippen LogP contribution in [0.3, 0.4) is 0 Å². The molecule has 0 aliphatic rings. The number of benzene rings is 1. The quantitative estimate of drug-likeness (QED) is 0.273. The van der Waals surface area contributed by atoms with Gasteiger partial charge in [-0.3, -0.25) is 19.7 Å². The molecule has 0 atom stereocenters. The maximum absolute atomic E-state index is 12.8. The van der Waals surface area contributed by atoms with Crippen molar-refractivity contribution in [2.24, 2.45) is 0 Å². The van der Waals surface area contributed by atoms with Crippen LogP contribution in [0, 0.1) is 0 Å². The highest BCUT2D eigenvalue weighted by Crippen LogP contribution is 2.26. The molecule has 0 spiro atoms. The van der Waals surface area contributed by atoms with E-state index in [0.29, 0.717) is 6.41 Å². The van der Waals surface area contributed by atoms with Crippen LogP contribution < -0.4 is 10.6 Å². The van der Waals surface area contributed by atoms with Gasteiger partial charge in [0.1, 0.15) is 12.1 Å². The van der Waals surface area contributed by atoms with Crippen LogP contribution in [0.15, 0.2) is 36.5 Å². The van der Waals surface area contributed by atoms with Crippen molar-refractivity contribution in [2.75, 3.05) is 38.2 Å². The standard InChI is InChI=1S/C26H34N4O7/c1-5-18-7-6-8-19(13-18)20-14-21(29-25(35)37-26(2,3)4)23(28-15-20)24(34)27-9-11-36-12-10-30(17-31)16-22(32)33/h6-8,13-15,17H,5,9-12,16H2,1-4H3,(H,27,34)(H,29,35)(H,32,33). The fourth-order valence-corrected chi connectivity index (χ4v) is 3.23. The molecule has 200 valence electrons. The first-order valence-electron chi connectivity index (χ1n) is 11.9. The van der Waals surface area contributed by atoms with E-state index in [-0.39, 0.29) is 37.7 Å². The predicted octanol–water partition coefficient (Wildman–Crippen LogP) is 2.95. The molecule has 0 radical (unpaired) electrons. The van der Waals surface area contributed by atoms with Crippen LogP contribution in [0.4, 0.5) is 10.5 Å². The van der Waals surface area contributed by atoms with Gasteiger partial charge in [0.05, 0.1) is 18.9 Å². The average Bonchev–Trinajstić information content (AvgIpc) is 2.83. The van der Waals surface area contributed by atoms with Crippen molar-refractivity contribution in [3.05, 3.63) is 47.8 Å². The summed E-state index contributed by atoms with van der Waals surface area (Å²) in [5.41, 5.74) is 2.24. The number of aromatic nitrogens is 1. The summed E-state index contributed by atoms with van der Waals surface area (Å²) < 4.78 is 10.7. The number of carbonyl (C=O) groups excluding carboxylic acids is 3. The van der Waals surface area contributed by atoms with Gasteiger partial charge in [-0.1, -0.05) is 31.2 Å². The van der Waals surface area contributed by atoms with Crippen molar-refractivity contribution in [1.29, 1.82) is 0 Å². The second kappa shape index (κ2) is 13.9. The first-order chi connectivity index (χ1) is 17.5. The number of nitrogens with one attached hydrogen (secondary N) is 2. The van der Waals surface area contributed by atoms with Gasteiger partial charge in [-0.15, -0.1) is 0 Å². The Labute approximate surface area is 216 Å². The topological polar surface area (TPSA) is 147 Å². The molecule has 3 N–H and O–H groups in total. The van der Waals surface area contributed by atoms with Crippen LogP contribution in [0.25, 0.3) is 11.1 Å². The molecule has 1 aromatic heterocycles. The Hall–Kier alpha value is -3.99. The zero-order chi connectivity index (χ0) is 27.4. The van der Waals surface area contributed by atoms with Crippen LogP contribution in [-0.4, -0.2) is 77.8 Å². The highest BCUT2D eigenvalue weighted by atomic mass is 16.6. The average molecular weight is 515 g/mol. The van der Waals surface area contributed by atoms with Crippen molar-refractivity contribution in [3.8, 4) is 11.1 Å². The molecule has 11 nitrogen and oxygen atoms in total. The van der Waals surface area contributed by atoms with Crippen LogP contribution in [0.2, 0.25) is 0 Å². The molecule has 0 aliphatic carbocycles. The van der Waals surface area contributed by atoms with E-state index in [1.165, 1.54) is 0 Å². The van der Waals surface area contributed by atoms with E-state index in [4.69, 9.17) is 14.6 Å². The summed E-state index contributed by atoms with van der Waals surface area (Å²) in [6.07, 6.45) is 2.15. The number of pyridine rings is 1. The number of rotatable bonds is 13. The molecule has 2 aromatic rings. The molecule has 37 heavy (non-hydrogen) atoms. The van der Waals surface area contributed by atoms with Gasteiger partial charge in [0.25, 0.3) is 5.91 Å². The summed E-state index contributed by atoms with van der Waals surface area (Å²) in [7, 11) is 0. The Kier molecular flexibility index (Phi) is 11.0. The second-order valence-corrected chi connectivity index (χ2v) is 9.14. The number of carboxylic acid groups (broad SMARTS) is 1. The lowest BCUT2D eigenvalue weighted by Gasteiger charge is -2.20. The maximum atomic E-state index is 12.8. The Morgan fingerprint density at radius 3 is 2.54 bits per heavy atom. The fourth-order valence-electron chi connectivity index (χ4n) is 3.23. The Morgan fingerprint density at radius 1 is 1.14 bits per heavy atom. The minimum absolute atomic E-state index is 0.00911. The fraction of sp³-hybridized carbons (Fsp3) is 0.423. The molecular formula is C26H34N4O7. The highest BCUT2D eigenvalue weighted by molar-refractivity contribution is 6.01. The minimum atomic E-state index is -1.12. The first-order valence-corrected chi connectivity index (χ1v) is 11.9. The number of aryl methyl sites for hydroxylation is 1. The summed E-state index contributed by atoms with van der Waals surface area (Å²) in [5.74, 6) is -1.64. The molecule has 0 unspecified atom stereocenters. The predicted molar refractivity (Wildman–Crippen MR) is 137 cm³/mol. The smallest absolute Gasteiger partial charge is 0.412 e. The number of anilines is 1. The van der Waals surface area contributed by atoms with Gasteiger partial charge in [0.15, 0.2) is 5.69 Å². The lowest BCUT2D eigenvalue weighted by Crippen LogP contribution is -2.33. The number of amides is 3. The third-order valence-corrected chi connectivity index (χ3v) is 4.95. The number of ether oxygens (including phenoxy) is 2. The van der Waals surface area contributed by atoms with Crippen molar-refractivity contribution in [3.63, 3.8) is 0 Å². The Morgan fingerprint density at radius 2 is 1.89 bits per heavy atom. The Balaban J connectivity index is 2.08. The lowest BCUT2D eigenvalue weighted by atomic mass is 10.0. The van der Waals surface area contributed by atoms with Gasteiger partial charge < -0.3 is 24.8 Å². The number of hydrogen-bond acceptors (Lipinski definition) is 7. The van der Waals surface area contributed by atoms with E-state index in [0.717, 1.165) is 28.0 Å². The summed E-state index contributed by atoms with van der Waals surface area (Å²) >= 11 is 0. The van der Waals surface area contributed by atoms with Crippen LogP contribution in [0.5, 0.6) is 0 Å². The van der Waals surface area contributed by atoms with Crippen molar-refractivity contribution in [2.45, 2.75) is 39.7 Å². The summed E-state index contributed by atoms with van der Waals surface area (Å²) in [4.78, 5) is 52.2. The van der Waals surface area contributed by atoms with E-state index in [1.807, 2.05) is 24.3 Å². The monoisotopic (exact) mass is 514 g/mol. The molecule has 0 aliphatic heterocycles. The number of carboxylic acids is 1. The van der Waals surface area contributed by atoms with Crippen LogP contribution in [-0.2, 0) is 25.5 Å². The number of nitrogens with zero attached hydrogens (tertiary/aromatic N) is 2. The van der Waals surface area contributed by atoms with Gasteiger partial charge >= 0.3 is 12.1 Å². The van der Waals surface area contributed by atoms with E-state index in [9.17, 15) is 19.2 Å². The minimum Gasteiger partial charge on any atom is -0.480 e. The second-order valence-electron chi connectivity index (χ2n) is 9.14. The third-order valence-electron chi connectivity index (χ3n) is 4.95. The first kappa shape index (κ1) is 29.2. The largest absolute Gasteiger partial charge is 0.480 e. The summed E-state index contributed by atoms with van der Waals surface area (Å²) in [6, 6.07) is 9.57. The van der Waals surface area contributed by atoms with E-state index < -0.39 is 30.1 Å². The molecule has 0 bridgehead atoms. The van der Waals surface area contributed by atoms with Crippen molar-refractivity contribution in [1.82, 2.24) is 15.2 Å². The van der Waals surface area contributed by atoms with E-state index in [1.54, 1.807) is 33.0 Å². The molecule has 2 rings (SSSR count). The molecule has 0 saturated carbocycles. The molecule has 11 heteroatoms. The van der Waals surface area contributed by atoms with Gasteiger partial charge in [0, 0.05) is 24.8 Å². The third kappa shape index (κ3) is 10.3. The Bertz CT molecular complexity index is 1100.